The van der Waals surface area contributed by atoms with Crippen LogP contribution >= 0.6 is 0 Å². The molecule has 1 nitrogen and oxygen atoms in total. The van der Waals surface area contributed by atoms with Crippen LogP contribution in [0.3, 0.4) is 0 Å². The molecule has 0 aromatic heterocycles. The Morgan fingerprint density at radius 2 is 1.00 bits per heavy atom. The van der Waals surface area contributed by atoms with Crippen LogP contribution in [0.25, 0.3) is 0 Å². The zero-order valence-corrected chi connectivity index (χ0v) is 9.28. The number of aliphatic hydroxyl groups excluding tert-OH is 1. The van der Waals surface area contributed by atoms with Gasteiger partial charge in [0.1, 0.15) is 0 Å². The number of hydrogen-bond donors (Lipinski definition) is 1. The average Bonchev–Trinajstić information content (AvgIpc) is 2.00. The van der Waals surface area contributed by atoms with E-state index in [1.54, 1.807) is 0 Å². The Kier molecular flexibility index (Phi) is 4.25. The van der Waals surface area contributed by atoms with E-state index in [2.05, 4.69) is 27.7 Å². The molecule has 1 saturated carbocycles. The van der Waals surface area contributed by atoms with Crippen LogP contribution in [-0.2, 0) is 0 Å². The molecule has 0 radical (unpaired) electrons. The molecule has 12 heavy (non-hydrogen) atoms. The summed E-state index contributed by atoms with van der Waals surface area (Å²) in [6.45, 7) is 9.64. The van der Waals surface area contributed by atoms with E-state index in [-0.39, 0.29) is 0 Å². The first-order chi connectivity index (χ1) is 5.46. The van der Waals surface area contributed by atoms with Gasteiger partial charge in [0.15, 0.2) is 0 Å². The van der Waals surface area contributed by atoms with Gasteiger partial charge < -0.3 is 5.11 Å². The van der Waals surface area contributed by atoms with Gasteiger partial charge in [-0.1, -0.05) is 40.5 Å². The molecule has 0 saturated heterocycles. The van der Waals surface area contributed by atoms with Gasteiger partial charge in [0.25, 0.3) is 0 Å². The third-order valence-electron chi connectivity index (χ3n) is 3.69. The highest BCUT2D eigenvalue weighted by Gasteiger charge is 2.38. The molecular formula is C11H24O. The van der Waals surface area contributed by atoms with E-state index in [0.29, 0.717) is 10.8 Å². The van der Waals surface area contributed by atoms with Crippen molar-refractivity contribution in [2.75, 3.05) is 7.11 Å². The van der Waals surface area contributed by atoms with Crippen molar-refractivity contribution in [3.8, 4) is 0 Å². The van der Waals surface area contributed by atoms with Crippen molar-refractivity contribution in [2.24, 2.45) is 10.8 Å². The molecule has 0 aromatic rings. The zero-order chi connectivity index (χ0) is 9.83. The van der Waals surface area contributed by atoms with Crippen LogP contribution in [-0.4, -0.2) is 12.2 Å². The van der Waals surface area contributed by atoms with Gasteiger partial charge in [-0.05, 0) is 23.7 Å². The van der Waals surface area contributed by atoms with Crippen molar-refractivity contribution in [3.05, 3.63) is 0 Å². The Balaban J connectivity index is 0.000000561. The lowest BCUT2D eigenvalue weighted by Gasteiger charge is -2.45. The predicted octanol–water partition coefficient (Wildman–Crippen LogP) is 3.22. The second-order valence-corrected chi connectivity index (χ2v) is 4.97. The molecule has 0 spiro atoms. The highest BCUT2D eigenvalue weighted by atomic mass is 16.2. The van der Waals surface area contributed by atoms with Crippen molar-refractivity contribution in [2.45, 2.75) is 53.4 Å². The number of rotatable bonds is 0. The maximum atomic E-state index is 7.00. The Labute approximate surface area is 77.2 Å². The first kappa shape index (κ1) is 12.0. The van der Waals surface area contributed by atoms with Gasteiger partial charge in [0.05, 0.1) is 0 Å². The standard InChI is InChI=1S/C10H20.CH4O/c1-9(2)7-5-6-8-10(9,3)4;1-2/h5-8H2,1-4H3;2H,1H3. The third kappa shape index (κ3) is 2.48. The first-order valence-corrected chi connectivity index (χ1v) is 4.90. The summed E-state index contributed by atoms with van der Waals surface area (Å²) in [5.41, 5.74) is 1.15. The monoisotopic (exact) mass is 172 g/mol. The highest BCUT2D eigenvalue weighted by Crippen LogP contribution is 2.49. The van der Waals surface area contributed by atoms with Crippen LogP contribution in [0.5, 0.6) is 0 Å². The maximum Gasteiger partial charge on any atom is 0.0319 e. The molecule has 1 rings (SSSR count). The summed E-state index contributed by atoms with van der Waals surface area (Å²) in [5.74, 6) is 0. The van der Waals surface area contributed by atoms with Crippen LogP contribution < -0.4 is 0 Å². The van der Waals surface area contributed by atoms with Gasteiger partial charge in [-0.15, -0.1) is 0 Å². The first-order valence-electron chi connectivity index (χ1n) is 4.90. The van der Waals surface area contributed by atoms with E-state index in [1.165, 1.54) is 25.7 Å². The SMILES string of the molecule is CC1(C)CCCCC1(C)C.CO. The third-order valence-corrected chi connectivity index (χ3v) is 3.69. The molecule has 1 aliphatic carbocycles. The maximum absolute atomic E-state index is 7.00. The summed E-state index contributed by atoms with van der Waals surface area (Å²) < 4.78 is 0. The van der Waals surface area contributed by atoms with Crippen LogP contribution in [0.15, 0.2) is 0 Å². The van der Waals surface area contributed by atoms with E-state index in [9.17, 15) is 0 Å². The van der Waals surface area contributed by atoms with Gasteiger partial charge in [-0.3, -0.25) is 0 Å². The van der Waals surface area contributed by atoms with E-state index in [0.717, 1.165) is 7.11 Å². The quantitative estimate of drug-likeness (QED) is 0.595. The molecule has 74 valence electrons. The molecule has 0 bridgehead atoms. The summed E-state index contributed by atoms with van der Waals surface area (Å²) in [6, 6.07) is 0. The molecule has 0 aromatic carbocycles. The summed E-state index contributed by atoms with van der Waals surface area (Å²) in [4.78, 5) is 0. The van der Waals surface area contributed by atoms with Crippen LogP contribution in [0.1, 0.15) is 53.4 Å². The van der Waals surface area contributed by atoms with E-state index >= 15 is 0 Å². The predicted molar refractivity (Wildman–Crippen MR) is 54.2 cm³/mol. The fourth-order valence-electron chi connectivity index (χ4n) is 1.81. The summed E-state index contributed by atoms with van der Waals surface area (Å²) in [6.07, 6.45) is 5.72. The van der Waals surface area contributed by atoms with Crippen LogP contribution in [0.4, 0.5) is 0 Å². The lowest BCUT2D eigenvalue weighted by atomic mass is 9.60. The van der Waals surface area contributed by atoms with E-state index in [4.69, 9.17) is 5.11 Å². The lowest BCUT2D eigenvalue weighted by molar-refractivity contribution is 0.0520. The molecular weight excluding hydrogens is 148 g/mol. The van der Waals surface area contributed by atoms with Crippen molar-refractivity contribution in [1.29, 1.82) is 0 Å². The average molecular weight is 172 g/mol. The van der Waals surface area contributed by atoms with Gasteiger partial charge in [-0.2, -0.15) is 0 Å². The molecule has 0 heterocycles. The van der Waals surface area contributed by atoms with Gasteiger partial charge in [0, 0.05) is 7.11 Å². The minimum absolute atomic E-state index is 0.575. The highest BCUT2D eigenvalue weighted by molar-refractivity contribution is 4.89. The van der Waals surface area contributed by atoms with E-state index in [1.807, 2.05) is 0 Å². The minimum Gasteiger partial charge on any atom is -0.400 e. The Morgan fingerprint density at radius 1 is 0.750 bits per heavy atom. The topological polar surface area (TPSA) is 20.2 Å². The molecule has 0 amide bonds. The fourth-order valence-corrected chi connectivity index (χ4v) is 1.81. The summed E-state index contributed by atoms with van der Waals surface area (Å²) >= 11 is 0. The molecule has 0 unspecified atom stereocenters. The van der Waals surface area contributed by atoms with Crippen molar-refractivity contribution in [1.82, 2.24) is 0 Å². The zero-order valence-electron chi connectivity index (χ0n) is 9.28. The largest absolute Gasteiger partial charge is 0.400 e. The fraction of sp³-hybridized carbons (Fsp3) is 1.00. The molecule has 1 heteroatoms. The minimum atomic E-state index is 0.575. The second-order valence-electron chi connectivity index (χ2n) is 4.97. The lowest BCUT2D eigenvalue weighted by Crippen LogP contribution is -2.35. The molecule has 1 aliphatic rings. The summed E-state index contributed by atoms with van der Waals surface area (Å²) in [7, 11) is 1.00. The van der Waals surface area contributed by atoms with Gasteiger partial charge in [-0.25, -0.2) is 0 Å². The Morgan fingerprint density at radius 3 is 1.17 bits per heavy atom. The molecule has 1 N–H and O–H groups in total. The van der Waals surface area contributed by atoms with Gasteiger partial charge >= 0.3 is 0 Å². The molecule has 1 fully saturated rings. The van der Waals surface area contributed by atoms with Crippen molar-refractivity contribution in [3.63, 3.8) is 0 Å². The molecule has 0 atom stereocenters. The smallest absolute Gasteiger partial charge is 0.0319 e. The van der Waals surface area contributed by atoms with E-state index < -0.39 is 0 Å². The number of aliphatic hydroxyl groups is 1. The molecule has 0 aliphatic heterocycles. The van der Waals surface area contributed by atoms with Crippen molar-refractivity contribution < 1.29 is 5.11 Å². The van der Waals surface area contributed by atoms with Crippen LogP contribution in [0, 0.1) is 10.8 Å². The van der Waals surface area contributed by atoms with Gasteiger partial charge in [0.2, 0.25) is 0 Å². The Hall–Kier alpha value is -0.0400. The Bertz CT molecular complexity index is 109. The van der Waals surface area contributed by atoms with Crippen LogP contribution in [0.2, 0.25) is 0 Å². The normalized spacial score (nSPS) is 25.5. The second kappa shape index (κ2) is 4.27. The van der Waals surface area contributed by atoms with Crippen molar-refractivity contribution >= 4 is 0 Å². The summed E-state index contributed by atoms with van der Waals surface area (Å²) in [5, 5.41) is 7.00. The number of hydrogen-bond acceptors (Lipinski definition) is 1.